The van der Waals surface area contributed by atoms with Crippen LogP contribution in [0.25, 0.3) is 0 Å². The summed E-state index contributed by atoms with van der Waals surface area (Å²) in [6, 6.07) is 4.10. The van der Waals surface area contributed by atoms with Gasteiger partial charge in [-0.3, -0.25) is 0 Å². The highest BCUT2D eigenvalue weighted by molar-refractivity contribution is 7.95. The van der Waals surface area contributed by atoms with Gasteiger partial charge in [-0.05, 0) is 44.1 Å². The topological polar surface area (TPSA) is 66.8 Å². The van der Waals surface area contributed by atoms with Crippen molar-refractivity contribution in [3.63, 3.8) is 0 Å². The molecule has 1 saturated heterocycles. The summed E-state index contributed by atoms with van der Waals surface area (Å²) in [5.74, 6) is 0.807. The molecule has 3 unspecified atom stereocenters. The van der Waals surface area contributed by atoms with Gasteiger partial charge in [0.2, 0.25) is 0 Å². The molecule has 2 aliphatic carbocycles. The van der Waals surface area contributed by atoms with Crippen LogP contribution in [-0.2, 0) is 21.7 Å². The van der Waals surface area contributed by atoms with Crippen LogP contribution in [0.1, 0.15) is 24.5 Å². The number of allylic oxidation sites excluding steroid dienone is 2. The van der Waals surface area contributed by atoms with E-state index < -0.39 is 15.3 Å². The lowest BCUT2D eigenvalue weighted by molar-refractivity contribution is 0.0778. The Balaban J connectivity index is 2.00. The van der Waals surface area contributed by atoms with E-state index in [1.807, 2.05) is 18.2 Å². The Bertz CT molecular complexity index is 918. The normalized spacial score (nSPS) is 30.3. The van der Waals surface area contributed by atoms with Gasteiger partial charge in [0.15, 0.2) is 21.3 Å². The van der Waals surface area contributed by atoms with Gasteiger partial charge < -0.3 is 14.7 Å². The summed E-state index contributed by atoms with van der Waals surface area (Å²) in [5, 5.41) is 11.0. The maximum absolute atomic E-state index is 12.6. The molecule has 1 N–H and O–H groups in total. The minimum atomic E-state index is -3.31. The second kappa shape index (κ2) is 5.86. The maximum atomic E-state index is 12.6. The number of fused-ring (bicyclic) bond motifs is 1. The highest BCUT2D eigenvalue weighted by atomic mass is 32.2. The number of rotatable bonds is 3. The molecule has 1 heterocycles. The van der Waals surface area contributed by atoms with Gasteiger partial charge in [-0.1, -0.05) is 25.1 Å². The van der Waals surface area contributed by atoms with Crippen LogP contribution in [0.2, 0.25) is 0 Å². The minimum Gasteiger partial charge on any atom is -0.504 e. The van der Waals surface area contributed by atoms with Crippen molar-refractivity contribution < 1.29 is 18.3 Å². The summed E-state index contributed by atoms with van der Waals surface area (Å²) in [7, 11) is 0.356. The fourth-order valence-corrected chi connectivity index (χ4v) is 5.99. The monoisotopic (exact) mass is 375 g/mol. The Hall–Kier alpha value is -1.79. The van der Waals surface area contributed by atoms with Gasteiger partial charge in [0.25, 0.3) is 0 Å². The zero-order chi connectivity index (χ0) is 18.7. The van der Waals surface area contributed by atoms with Gasteiger partial charge in [-0.2, -0.15) is 0 Å². The second-order valence-electron chi connectivity index (χ2n) is 7.53. The molecule has 2 bridgehead atoms. The number of phenols is 1. The third kappa shape index (κ3) is 2.28. The average Bonchev–Trinajstić information content (AvgIpc) is 2.64. The van der Waals surface area contributed by atoms with Crippen LogP contribution in [0.5, 0.6) is 11.5 Å². The average molecular weight is 375 g/mol. The number of methoxy groups -OCH3 is 1. The van der Waals surface area contributed by atoms with Crippen molar-refractivity contribution >= 4 is 9.84 Å². The van der Waals surface area contributed by atoms with Crippen molar-refractivity contribution in [2.24, 2.45) is 5.92 Å². The summed E-state index contributed by atoms with van der Waals surface area (Å²) in [6.45, 7) is 2.53. The molecule has 0 aromatic heterocycles. The summed E-state index contributed by atoms with van der Waals surface area (Å²) >= 11 is 0. The van der Waals surface area contributed by atoms with E-state index >= 15 is 0 Å². The fourth-order valence-electron chi connectivity index (χ4n) is 4.98. The lowest BCUT2D eigenvalue weighted by Crippen LogP contribution is -2.58. The molecule has 0 amide bonds. The Morgan fingerprint density at radius 3 is 2.85 bits per heavy atom. The molecule has 140 valence electrons. The zero-order valence-electron chi connectivity index (χ0n) is 15.4. The third-order valence-electron chi connectivity index (χ3n) is 6.40. The smallest absolute Gasteiger partial charge is 0.177 e. The van der Waals surface area contributed by atoms with Gasteiger partial charge in [0.1, 0.15) is 0 Å². The van der Waals surface area contributed by atoms with Crippen LogP contribution in [0.3, 0.4) is 0 Å². The number of hydrogen-bond donors (Lipinski definition) is 1. The molecule has 4 rings (SSSR count). The number of phenolic OH excluding ortho intramolecular Hbond substituents is 1. The number of sulfone groups is 1. The van der Waals surface area contributed by atoms with Crippen LogP contribution >= 0.6 is 0 Å². The molecule has 6 heteroatoms. The quantitative estimate of drug-likeness (QED) is 0.879. The van der Waals surface area contributed by atoms with E-state index in [4.69, 9.17) is 4.74 Å². The predicted octanol–water partition coefficient (Wildman–Crippen LogP) is 2.40. The van der Waals surface area contributed by atoms with Crippen molar-refractivity contribution in [3.05, 3.63) is 46.4 Å². The van der Waals surface area contributed by atoms with Crippen molar-refractivity contribution in [3.8, 4) is 11.5 Å². The zero-order valence-corrected chi connectivity index (χ0v) is 16.2. The van der Waals surface area contributed by atoms with E-state index in [-0.39, 0.29) is 17.4 Å². The van der Waals surface area contributed by atoms with Crippen molar-refractivity contribution in [1.82, 2.24) is 4.90 Å². The Labute approximate surface area is 154 Å². The van der Waals surface area contributed by atoms with E-state index in [9.17, 15) is 13.5 Å². The molecule has 1 fully saturated rings. The van der Waals surface area contributed by atoms with Gasteiger partial charge in [-0.15, -0.1) is 0 Å². The fraction of sp³-hybridized carbons (Fsp3) is 0.500. The molecular weight excluding hydrogens is 350 g/mol. The van der Waals surface area contributed by atoms with Crippen LogP contribution in [0.4, 0.5) is 0 Å². The molecule has 26 heavy (non-hydrogen) atoms. The van der Waals surface area contributed by atoms with Gasteiger partial charge in [0.05, 0.1) is 17.8 Å². The van der Waals surface area contributed by atoms with Crippen LogP contribution < -0.4 is 4.74 Å². The first kappa shape index (κ1) is 17.6. The second-order valence-corrected chi connectivity index (χ2v) is 9.81. The van der Waals surface area contributed by atoms with Gasteiger partial charge >= 0.3 is 0 Å². The van der Waals surface area contributed by atoms with Gasteiger partial charge in [-0.25, -0.2) is 8.42 Å². The molecule has 1 aromatic rings. The summed E-state index contributed by atoms with van der Waals surface area (Å²) in [5.41, 5.74) is 1.42. The molecule has 5 nitrogen and oxygen atoms in total. The van der Waals surface area contributed by atoms with E-state index in [0.29, 0.717) is 16.7 Å². The number of piperidine rings is 1. The van der Waals surface area contributed by atoms with E-state index in [2.05, 4.69) is 11.9 Å². The minimum absolute atomic E-state index is 0.0736. The first-order chi connectivity index (χ1) is 12.3. The number of likely N-dealkylation sites (N-methyl/N-ethyl adjacent to an activating group) is 1. The SMILES string of the molecule is CCS(=O)(=O)C1=CC23CCN(C)C(Cc4ccc(OC)c(O)c42)C3C=C1. The van der Waals surface area contributed by atoms with Crippen LogP contribution in [-0.4, -0.2) is 50.9 Å². The summed E-state index contributed by atoms with van der Waals surface area (Å²) in [6.07, 6.45) is 7.32. The standard InChI is InChI=1S/C20H25NO4S/c1-4-26(23,24)14-6-7-15-16-11-13-5-8-17(25-3)19(22)18(13)20(15,12-14)9-10-21(16)2/h5-8,12,15-16,22H,4,9-11H2,1-3H3. The lowest BCUT2D eigenvalue weighted by atomic mass is 9.56. The van der Waals surface area contributed by atoms with E-state index in [0.717, 1.165) is 30.5 Å². The highest BCUT2D eigenvalue weighted by Crippen LogP contribution is 2.56. The van der Waals surface area contributed by atoms with Gasteiger partial charge in [0, 0.05) is 22.9 Å². The largest absolute Gasteiger partial charge is 0.504 e. The van der Waals surface area contributed by atoms with Crippen LogP contribution in [0.15, 0.2) is 35.3 Å². The van der Waals surface area contributed by atoms with E-state index in [1.54, 1.807) is 26.2 Å². The first-order valence-corrected chi connectivity index (χ1v) is 10.7. The number of nitrogens with zero attached hydrogens (tertiary/aromatic N) is 1. The number of benzene rings is 1. The Morgan fingerprint density at radius 1 is 1.38 bits per heavy atom. The highest BCUT2D eigenvalue weighted by Gasteiger charge is 2.53. The molecule has 3 aliphatic rings. The summed E-state index contributed by atoms with van der Waals surface area (Å²) in [4.78, 5) is 2.72. The number of aromatic hydroxyl groups is 1. The summed E-state index contributed by atoms with van der Waals surface area (Å²) < 4.78 is 30.5. The molecule has 0 radical (unpaired) electrons. The third-order valence-corrected chi connectivity index (χ3v) is 8.13. The van der Waals surface area contributed by atoms with Crippen LogP contribution in [0, 0.1) is 5.92 Å². The number of ether oxygens (including phenoxy) is 1. The number of hydrogen-bond acceptors (Lipinski definition) is 5. The first-order valence-electron chi connectivity index (χ1n) is 9.07. The molecule has 0 saturated carbocycles. The Morgan fingerprint density at radius 2 is 2.15 bits per heavy atom. The van der Waals surface area contributed by atoms with Crippen molar-refractivity contribution in [2.75, 3.05) is 26.5 Å². The molecule has 1 aliphatic heterocycles. The number of likely N-dealkylation sites (tertiary alicyclic amines) is 1. The molecular formula is C20H25NO4S. The van der Waals surface area contributed by atoms with Crippen molar-refractivity contribution in [2.45, 2.75) is 31.2 Å². The molecule has 3 atom stereocenters. The molecule has 0 spiro atoms. The molecule has 1 aromatic carbocycles. The van der Waals surface area contributed by atoms with Crippen molar-refractivity contribution in [1.29, 1.82) is 0 Å². The van der Waals surface area contributed by atoms with E-state index in [1.165, 1.54) is 0 Å². The predicted molar refractivity (Wildman–Crippen MR) is 101 cm³/mol. The Kier molecular flexibility index (Phi) is 3.97. The maximum Gasteiger partial charge on any atom is 0.177 e. The lowest BCUT2D eigenvalue weighted by Gasteiger charge is -2.55.